The van der Waals surface area contributed by atoms with Crippen molar-refractivity contribution >= 4 is 23.5 Å². The normalized spacial score (nSPS) is 21.9. The number of nitrogens with zero attached hydrogens (tertiary/aromatic N) is 1. The van der Waals surface area contributed by atoms with Crippen LogP contribution < -0.4 is 10.6 Å². The second-order valence-corrected chi connectivity index (χ2v) is 6.37. The molecule has 1 saturated carbocycles. The van der Waals surface area contributed by atoms with Crippen molar-refractivity contribution in [2.24, 2.45) is 0 Å². The van der Waals surface area contributed by atoms with Gasteiger partial charge in [0.1, 0.15) is 0 Å². The Morgan fingerprint density at radius 2 is 2.14 bits per heavy atom. The van der Waals surface area contributed by atoms with E-state index in [1.165, 1.54) is 12.3 Å². The van der Waals surface area contributed by atoms with Crippen LogP contribution in [0.2, 0.25) is 0 Å². The number of hydrogen-bond acceptors (Lipinski definition) is 4. The van der Waals surface area contributed by atoms with Gasteiger partial charge in [0.15, 0.2) is 11.6 Å². The molecule has 0 spiro atoms. The summed E-state index contributed by atoms with van der Waals surface area (Å²) in [7, 11) is 0. The summed E-state index contributed by atoms with van der Waals surface area (Å²) in [6.45, 7) is 2.42. The molecule has 1 heterocycles. The molecule has 0 aromatic carbocycles. The molecule has 2 rings (SSSR count). The molecule has 1 fully saturated rings. The van der Waals surface area contributed by atoms with Crippen LogP contribution in [0, 0.1) is 5.82 Å². The molecule has 1 aromatic heterocycles. The van der Waals surface area contributed by atoms with Crippen LogP contribution in [0.5, 0.6) is 0 Å². The summed E-state index contributed by atoms with van der Waals surface area (Å²) >= 11 is 1.88. The fourth-order valence-electron chi connectivity index (χ4n) is 2.62. The lowest BCUT2D eigenvalue weighted by Gasteiger charge is -2.28. The lowest BCUT2D eigenvalue weighted by molar-refractivity contribution is 0.0924. The van der Waals surface area contributed by atoms with Crippen LogP contribution in [0.1, 0.15) is 43.0 Å². The minimum absolute atomic E-state index is 0.0629. The van der Waals surface area contributed by atoms with Crippen molar-refractivity contribution < 1.29 is 9.18 Å². The monoisotopic (exact) mass is 311 g/mol. The van der Waals surface area contributed by atoms with E-state index < -0.39 is 5.82 Å². The number of thioether (sulfide) groups is 1. The fraction of sp³-hybridized carbons (Fsp3) is 0.600. The van der Waals surface area contributed by atoms with Crippen LogP contribution in [-0.4, -0.2) is 35.0 Å². The minimum atomic E-state index is -0.574. The maximum Gasteiger partial charge on any atom is 0.254 e. The number of halogens is 1. The van der Waals surface area contributed by atoms with Gasteiger partial charge in [0.25, 0.3) is 5.91 Å². The topological polar surface area (TPSA) is 54.0 Å². The number of hydrogen-bond donors (Lipinski definition) is 2. The number of carbonyl (C=O) groups is 1. The number of anilines is 1. The van der Waals surface area contributed by atoms with Gasteiger partial charge in [-0.15, -0.1) is 0 Å². The molecule has 0 bridgehead atoms. The Balaban J connectivity index is 1.99. The summed E-state index contributed by atoms with van der Waals surface area (Å²) in [5.74, 6) is -0.785. The smallest absolute Gasteiger partial charge is 0.254 e. The Hall–Kier alpha value is -1.30. The molecule has 0 atom stereocenters. The second kappa shape index (κ2) is 7.64. The number of carbonyl (C=O) groups excluding carboxylic acids is 1. The summed E-state index contributed by atoms with van der Waals surface area (Å²) < 4.78 is 14.2. The second-order valence-electron chi connectivity index (χ2n) is 5.23. The highest BCUT2D eigenvalue weighted by molar-refractivity contribution is 7.99. The Morgan fingerprint density at radius 1 is 1.43 bits per heavy atom. The van der Waals surface area contributed by atoms with E-state index in [0.717, 1.165) is 25.7 Å². The van der Waals surface area contributed by atoms with Crippen molar-refractivity contribution in [3.8, 4) is 0 Å². The van der Waals surface area contributed by atoms with Gasteiger partial charge < -0.3 is 10.6 Å². The van der Waals surface area contributed by atoms with Crippen molar-refractivity contribution in [3.63, 3.8) is 0 Å². The molecule has 1 aliphatic carbocycles. The van der Waals surface area contributed by atoms with Crippen LogP contribution in [0.3, 0.4) is 0 Å². The molecule has 21 heavy (non-hydrogen) atoms. The van der Waals surface area contributed by atoms with E-state index in [1.54, 1.807) is 0 Å². The van der Waals surface area contributed by atoms with E-state index in [4.69, 9.17) is 0 Å². The molecule has 1 aliphatic rings. The summed E-state index contributed by atoms with van der Waals surface area (Å²) in [6, 6.07) is 1.58. The van der Waals surface area contributed by atoms with Gasteiger partial charge in [-0.1, -0.05) is 0 Å². The lowest BCUT2D eigenvalue weighted by Crippen LogP contribution is -2.38. The number of amides is 1. The number of nitrogens with one attached hydrogen (secondary N) is 2. The van der Waals surface area contributed by atoms with Crippen molar-refractivity contribution in [2.75, 3.05) is 18.1 Å². The molecule has 1 amide bonds. The van der Waals surface area contributed by atoms with Crippen molar-refractivity contribution in [1.82, 2.24) is 10.3 Å². The molecular formula is C15H22FN3OS. The van der Waals surface area contributed by atoms with Crippen LogP contribution in [0.25, 0.3) is 0 Å². The van der Waals surface area contributed by atoms with Gasteiger partial charge in [0, 0.05) is 24.0 Å². The standard InChI is InChI=1S/C15H22FN3OS/c1-3-17-14-13(16)12(8-9-18-14)15(20)19-10-4-6-11(21-2)7-5-10/h8-11H,3-7H2,1-2H3,(H,17,18)(H,19,20). The van der Waals surface area contributed by atoms with Crippen molar-refractivity contribution in [2.45, 2.75) is 43.9 Å². The Kier molecular flexibility index (Phi) is 5.85. The van der Waals surface area contributed by atoms with E-state index in [-0.39, 0.29) is 23.3 Å². The average Bonchev–Trinajstić information content (AvgIpc) is 2.50. The minimum Gasteiger partial charge on any atom is -0.368 e. The van der Waals surface area contributed by atoms with E-state index in [9.17, 15) is 9.18 Å². The zero-order chi connectivity index (χ0) is 15.2. The summed E-state index contributed by atoms with van der Waals surface area (Å²) in [6.07, 6.45) is 7.72. The number of rotatable bonds is 5. The fourth-order valence-corrected chi connectivity index (χ4v) is 3.36. The van der Waals surface area contributed by atoms with Crippen LogP contribution in [0.15, 0.2) is 12.3 Å². The average molecular weight is 311 g/mol. The maximum atomic E-state index is 14.2. The first-order valence-electron chi connectivity index (χ1n) is 7.37. The Labute approximate surface area is 129 Å². The van der Waals surface area contributed by atoms with Crippen LogP contribution in [-0.2, 0) is 0 Å². The number of pyridine rings is 1. The highest BCUT2D eigenvalue weighted by Crippen LogP contribution is 2.27. The van der Waals surface area contributed by atoms with E-state index >= 15 is 0 Å². The molecule has 0 saturated heterocycles. The molecule has 4 nitrogen and oxygen atoms in total. The highest BCUT2D eigenvalue weighted by Gasteiger charge is 2.23. The van der Waals surface area contributed by atoms with Crippen molar-refractivity contribution in [1.29, 1.82) is 0 Å². The SMILES string of the molecule is CCNc1nccc(C(=O)NC2CCC(SC)CC2)c1F. The number of aromatic nitrogens is 1. The van der Waals surface area contributed by atoms with Gasteiger partial charge in [-0.25, -0.2) is 9.37 Å². The molecule has 2 N–H and O–H groups in total. The molecule has 6 heteroatoms. The van der Waals surface area contributed by atoms with Crippen molar-refractivity contribution in [3.05, 3.63) is 23.6 Å². The molecule has 0 unspecified atom stereocenters. The predicted octanol–water partition coefficient (Wildman–Crippen LogP) is 3.06. The molecule has 0 aliphatic heterocycles. The van der Waals surface area contributed by atoms with E-state index in [1.807, 2.05) is 18.7 Å². The predicted molar refractivity (Wildman–Crippen MR) is 85.4 cm³/mol. The molecular weight excluding hydrogens is 289 g/mol. The Morgan fingerprint density at radius 3 is 2.76 bits per heavy atom. The largest absolute Gasteiger partial charge is 0.368 e. The highest BCUT2D eigenvalue weighted by atomic mass is 32.2. The molecule has 116 valence electrons. The first kappa shape index (κ1) is 16.1. The summed E-state index contributed by atoms with van der Waals surface area (Å²) in [5, 5.41) is 6.46. The first-order chi connectivity index (χ1) is 10.2. The van der Waals surface area contributed by atoms with Crippen LogP contribution in [0.4, 0.5) is 10.2 Å². The zero-order valence-corrected chi connectivity index (χ0v) is 13.3. The molecule has 0 radical (unpaired) electrons. The first-order valence-corrected chi connectivity index (χ1v) is 8.66. The van der Waals surface area contributed by atoms with E-state index in [0.29, 0.717) is 11.8 Å². The third kappa shape index (κ3) is 4.09. The maximum absolute atomic E-state index is 14.2. The lowest BCUT2D eigenvalue weighted by atomic mass is 9.94. The zero-order valence-electron chi connectivity index (χ0n) is 12.5. The van der Waals surface area contributed by atoms with Gasteiger partial charge in [0.05, 0.1) is 5.56 Å². The third-order valence-electron chi connectivity index (χ3n) is 3.82. The summed E-state index contributed by atoms with van der Waals surface area (Å²) in [5.41, 5.74) is 0.0629. The van der Waals surface area contributed by atoms with Gasteiger partial charge in [-0.05, 0) is 44.9 Å². The van der Waals surface area contributed by atoms with Gasteiger partial charge in [-0.3, -0.25) is 4.79 Å². The quantitative estimate of drug-likeness (QED) is 0.877. The molecule has 1 aromatic rings. The van der Waals surface area contributed by atoms with Gasteiger partial charge in [-0.2, -0.15) is 11.8 Å². The summed E-state index contributed by atoms with van der Waals surface area (Å²) in [4.78, 5) is 16.1. The van der Waals surface area contributed by atoms with Gasteiger partial charge >= 0.3 is 0 Å². The van der Waals surface area contributed by atoms with Gasteiger partial charge in [0.2, 0.25) is 0 Å². The third-order valence-corrected chi connectivity index (χ3v) is 4.96. The Bertz CT molecular complexity index is 490. The van der Waals surface area contributed by atoms with E-state index in [2.05, 4.69) is 21.9 Å². The van der Waals surface area contributed by atoms with Crippen LogP contribution >= 0.6 is 11.8 Å².